The Hall–Kier alpha value is -2.16. The highest BCUT2D eigenvalue weighted by molar-refractivity contribution is 7.99. The lowest BCUT2D eigenvalue weighted by molar-refractivity contribution is -0.131. The fourth-order valence-corrected chi connectivity index (χ4v) is 3.49. The molecule has 0 bridgehead atoms. The van der Waals surface area contributed by atoms with Crippen molar-refractivity contribution in [3.63, 3.8) is 0 Å². The van der Waals surface area contributed by atoms with Crippen molar-refractivity contribution in [3.05, 3.63) is 24.3 Å². The second kappa shape index (κ2) is 8.48. The highest BCUT2D eigenvalue weighted by atomic mass is 32.2. The number of carbonyl (C=O) groups excluding carboxylic acids is 1. The number of piperidine rings is 1. The Morgan fingerprint density at radius 2 is 2.12 bits per heavy atom. The Bertz CT molecular complexity index is 739. The first-order valence-corrected chi connectivity index (χ1v) is 9.32. The molecule has 0 aliphatic carbocycles. The first-order valence-electron chi connectivity index (χ1n) is 8.34. The monoisotopic (exact) mass is 383 g/mol. The molecular formula is C17H19F2N3O3S. The topological polar surface area (TPSA) is 68.5 Å². The zero-order valence-corrected chi connectivity index (χ0v) is 15.0. The number of nitrogens with zero attached hydrogens (tertiary/aromatic N) is 3. The van der Waals surface area contributed by atoms with E-state index in [9.17, 15) is 13.6 Å². The van der Waals surface area contributed by atoms with Crippen molar-refractivity contribution < 1.29 is 22.7 Å². The van der Waals surface area contributed by atoms with E-state index < -0.39 is 6.61 Å². The molecule has 2 aromatic rings. The smallest absolute Gasteiger partial charge is 0.387 e. The Kier molecular flexibility index (Phi) is 6.08. The van der Waals surface area contributed by atoms with E-state index in [1.165, 1.54) is 23.9 Å². The molecule has 1 saturated heterocycles. The SMILES string of the molecule is C[C@H]1CCCCN1C(=O)CSc1nnc(-c2ccc(OC(F)F)cc2)o1. The minimum Gasteiger partial charge on any atom is -0.435 e. The Morgan fingerprint density at radius 1 is 1.35 bits per heavy atom. The molecule has 6 nitrogen and oxygen atoms in total. The van der Waals surface area contributed by atoms with Gasteiger partial charge >= 0.3 is 6.61 Å². The first-order chi connectivity index (χ1) is 12.5. The van der Waals surface area contributed by atoms with Crippen LogP contribution in [0.1, 0.15) is 26.2 Å². The van der Waals surface area contributed by atoms with Crippen molar-refractivity contribution in [1.82, 2.24) is 15.1 Å². The second-order valence-corrected chi connectivity index (χ2v) is 6.92. The Morgan fingerprint density at radius 3 is 2.81 bits per heavy atom. The summed E-state index contributed by atoms with van der Waals surface area (Å²) < 4.78 is 34.1. The number of rotatable bonds is 6. The molecule has 1 atom stereocenters. The molecule has 0 N–H and O–H groups in total. The lowest BCUT2D eigenvalue weighted by Gasteiger charge is -2.33. The third kappa shape index (κ3) is 4.72. The van der Waals surface area contributed by atoms with Crippen LogP contribution in [0.4, 0.5) is 8.78 Å². The first kappa shape index (κ1) is 18.6. The molecule has 0 radical (unpaired) electrons. The predicted octanol–water partition coefficient (Wildman–Crippen LogP) is 3.83. The fraction of sp³-hybridized carbons (Fsp3) is 0.471. The van der Waals surface area contributed by atoms with Gasteiger partial charge in [-0.25, -0.2) is 0 Å². The summed E-state index contributed by atoms with van der Waals surface area (Å²) in [6.07, 6.45) is 3.23. The highest BCUT2D eigenvalue weighted by Crippen LogP contribution is 2.26. The van der Waals surface area contributed by atoms with E-state index in [1.54, 1.807) is 12.1 Å². The fourth-order valence-electron chi connectivity index (χ4n) is 2.84. The van der Waals surface area contributed by atoms with Crippen LogP contribution in [0.25, 0.3) is 11.5 Å². The number of likely N-dealkylation sites (tertiary alicyclic amines) is 1. The van der Waals surface area contributed by atoms with Gasteiger partial charge in [0.25, 0.3) is 5.22 Å². The molecule has 2 heterocycles. The van der Waals surface area contributed by atoms with Crippen molar-refractivity contribution in [2.45, 2.75) is 44.1 Å². The number of carbonyl (C=O) groups is 1. The van der Waals surface area contributed by atoms with Gasteiger partial charge in [0.15, 0.2) is 0 Å². The number of hydrogen-bond donors (Lipinski definition) is 0. The van der Waals surface area contributed by atoms with E-state index in [4.69, 9.17) is 4.42 Å². The van der Waals surface area contributed by atoms with Gasteiger partial charge in [-0.3, -0.25) is 4.79 Å². The normalized spacial score (nSPS) is 17.5. The number of alkyl halides is 2. The predicted molar refractivity (Wildman–Crippen MR) is 92.1 cm³/mol. The maximum absolute atomic E-state index is 12.3. The van der Waals surface area contributed by atoms with Crippen LogP contribution in [0.5, 0.6) is 5.75 Å². The Balaban J connectivity index is 1.57. The number of amides is 1. The van der Waals surface area contributed by atoms with Gasteiger partial charge in [-0.15, -0.1) is 10.2 Å². The zero-order chi connectivity index (χ0) is 18.5. The maximum atomic E-state index is 12.3. The highest BCUT2D eigenvalue weighted by Gasteiger charge is 2.23. The largest absolute Gasteiger partial charge is 0.435 e. The second-order valence-electron chi connectivity index (χ2n) is 6.00. The van der Waals surface area contributed by atoms with Crippen LogP contribution < -0.4 is 4.74 Å². The van der Waals surface area contributed by atoms with Crippen LogP contribution in [-0.4, -0.2) is 46.0 Å². The minimum absolute atomic E-state index is 0.0547. The molecule has 1 amide bonds. The van der Waals surface area contributed by atoms with Gasteiger partial charge < -0.3 is 14.1 Å². The molecule has 3 rings (SSSR count). The molecule has 1 aliphatic heterocycles. The zero-order valence-electron chi connectivity index (χ0n) is 14.2. The molecule has 1 fully saturated rings. The molecule has 0 saturated carbocycles. The Labute approximate surface area is 153 Å². The quantitative estimate of drug-likeness (QED) is 0.706. The molecule has 0 unspecified atom stereocenters. The van der Waals surface area contributed by atoms with Gasteiger partial charge in [0.1, 0.15) is 5.75 Å². The number of halogens is 2. The van der Waals surface area contributed by atoms with Crippen LogP contribution in [0.2, 0.25) is 0 Å². The molecule has 9 heteroatoms. The van der Waals surface area contributed by atoms with Crippen molar-refractivity contribution in [3.8, 4) is 17.2 Å². The average Bonchev–Trinajstić information content (AvgIpc) is 3.09. The van der Waals surface area contributed by atoms with Crippen LogP contribution in [-0.2, 0) is 4.79 Å². The lowest BCUT2D eigenvalue weighted by Crippen LogP contribution is -2.42. The summed E-state index contributed by atoms with van der Waals surface area (Å²) in [6, 6.07) is 6.18. The van der Waals surface area contributed by atoms with Gasteiger partial charge in [-0.05, 0) is 50.5 Å². The molecule has 1 aromatic heterocycles. The standard InChI is InChI=1S/C17H19F2N3O3S/c1-11-4-2-3-9-22(11)14(23)10-26-17-21-20-15(25-17)12-5-7-13(8-6-12)24-16(18)19/h5-8,11,16H,2-4,9-10H2,1H3/t11-/m0/s1. The summed E-state index contributed by atoms with van der Waals surface area (Å²) in [6.45, 7) is -0.0104. The molecule has 140 valence electrons. The van der Waals surface area contributed by atoms with E-state index in [0.717, 1.165) is 25.8 Å². The molecule has 1 aliphatic rings. The molecular weight excluding hydrogens is 364 g/mol. The summed E-state index contributed by atoms with van der Waals surface area (Å²) in [5, 5.41) is 8.15. The van der Waals surface area contributed by atoms with Crippen LogP contribution in [0.3, 0.4) is 0 Å². The average molecular weight is 383 g/mol. The molecule has 26 heavy (non-hydrogen) atoms. The summed E-state index contributed by atoms with van der Waals surface area (Å²) in [4.78, 5) is 14.2. The summed E-state index contributed by atoms with van der Waals surface area (Å²) in [5.41, 5.74) is 0.585. The third-order valence-electron chi connectivity index (χ3n) is 4.18. The van der Waals surface area contributed by atoms with E-state index in [-0.39, 0.29) is 29.3 Å². The van der Waals surface area contributed by atoms with Crippen molar-refractivity contribution in [1.29, 1.82) is 0 Å². The van der Waals surface area contributed by atoms with Gasteiger partial charge in [0.05, 0.1) is 5.75 Å². The van der Waals surface area contributed by atoms with E-state index >= 15 is 0 Å². The van der Waals surface area contributed by atoms with E-state index in [0.29, 0.717) is 10.8 Å². The van der Waals surface area contributed by atoms with Crippen molar-refractivity contribution >= 4 is 17.7 Å². The number of aromatic nitrogens is 2. The number of hydrogen-bond acceptors (Lipinski definition) is 6. The van der Waals surface area contributed by atoms with Gasteiger partial charge in [0, 0.05) is 18.2 Å². The number of ether oxygens (including phenoxy) is 1. The summed E-state index contributed by atoms with van der Waals surface area (Å²) >= 11 is 1.20. The number of thioether (sulfide) groups is 1. The maximum Gasteiger partial charge on any atom is 0.387 e. The lowest BCUT2D eigenvalue weighted by atomic mass is 10.0. The third-order valence-corrected chi connectivity index (χ3v) is 4.98. The van der Waals surface area contributed by atoms with Crippen molar-refractivity contribution in [2.24, 2.45) is 0 Å². The number of benzene rings is 1. The summed E-state index contributed by atoms with van der Waals surface area (Å²) in [7, 11) is 0. The van der Waals surface area contributed by atoms with Gasteiger partial charge in [-0.1, -0.05) is 11.8 Å². The molecule has 1 aromatic carbocycles. The van der Waals surface area contributed by atoms with Crippen LogP contribution in [0.15, 0.2) is 33.9 Å². The van der Waals surface area contributed by atoms with Gasteiger partial charge in [-0.2, -0.15) is 8.78 Å². The van der Waals surface area contributed by atoms with Crippen molar-refractivity contribution in [2.75, 3.05) is 12.3 Å². The van der Waals surface area contributed by atoms with E-state index in [2.05, 4.69) is 21.9 Å². The molecule has 0 spiro atoms. The van der Waals surface area contributed by atoms with Crippen LogP contribution >= 0.6 is 11.8 Å². The van der Waals surface area contributed by atoms with E-state index in [1.807, 2.05) is 4.90 Å². The minimum atomic E-state index is -2.87. The van der Waals surface area contributed by atoms with Gasteiger partial charge in [0.2, 0.25) is 11.8 Å². The summed E-state index contributed by atoms with van der Waals surface area (Å²) in [5.74, 6) is 0.622. The van der Waals surface area contributed by atoms with Crippen LogP contribution in [0, 0.1) is 0 Å².